The summed E-state index contributed by atoms with van der Waals surface area (Å²) in [6.45, 7) is 4.74. The fraction of sp³-hybridized carbons (Fsp3) is 1.00. The lowest BCUT2D eigenvalue weighted by Crippen LogP contribution is -2.27. The summed E-state index contributed by atoms with van der Waals surface area (Å²) in [6.07, 6.45) is 2.13. The molecule has 0 aromatic carbocycles. The lowest BCUT2D eigenvalue weighted by Gasteiger charge is -2.18. The molecule has 11 heavy (non-hydrogen) atoms. The average Bonchev–Trinajstić information content (AvgIpc) is 2.30. The molecule has 1 aliphatic rings. The van der Waals surface area contributed by atoms with Gasteiger partial charge in [-0.05, 0) is 30.6 Å². The molecule has 2 heteroatoms. The van der Waals surface area contributed by atoms with Gasteiger partial charge in [0.05, 0.1) is 0 Å². The van der Waals surface area contributed by atoms with Crippen LogP contribution in [0.15, 0.2) is 0 Å². The Balaban J connectivity index is 2.45. The van der Waals surface area contributed by atoms with E-state index >= 15 is 0 Å². The van der Waals surface area contributed by atoms with Gasteiger partial charge in [0.1, 0.15) is 0 Å². The molecule has 0 amide bonds. The summed E-state index contributed by atoms with van der Waals surface area (Å²) in [4.78, 5) is 0. The van der Waals surface area contributed by atoms with Crippen LogP contribution < -0.4 is 5.73 Å². The monoisotopic (exact) mass is 157 g/mol. The van der Waals surface area contributed by atoms with Gasteiger partial charge < -0.3 is 10.8 Å². The van der Waals surface area contributed by atoms with Crippen molar-refractivity contribution in [1.82, 2.24) is 0 Å². The summed E-state index contributed by atoms with van der Waals surface area (Å²) in [5, 5.41) is 8.93. The van der Waals surface area contributed by atoms with Gasteiger partial charge in [-0.1, -0.05) is 13.8 Å². The largest absolute Gasteiger partial charge is 0.396 e. The normalized spacial score (nSPS) is 38.5. The van der Waals surface area contributed by atoms with Gasteiger partial charge in [0, 0.05) is 12.6 Å². The van der Waals surface area contributed by atoms with Crippen LogP contribution in [0.4, 0.5) is 0 Å². The molecule has 0 saturated heterocycles. The lowest BCUT2D eigenvalue weighted by atomic mass is 9.91. The first-order valence-electron chi connectivity index (χ1n) is 4.51. The zero-order valence-electron chi connectivity index (χ0n) is 7.46. The second-order valence-electron chi connectivity index (χ2n) is 4.09. The maximum atomic E-state index is 8.93. The third-order valence-electron chi connectivity index (χ3n) is 2.88. The molecule has 3 N–H and O–H groups in total. The number of aliphatic hydroxyl groups is 1. The first-order valence-corrected chi connectivity index (χ1v) is 4.51. The minimum absolute atomic E-state index is 0.316. The molecule has 0 aromatic rings. The van der Waals surface area contributed by atoms with Gasteiger partial charge in [0.25, 0.3) is 0 Å². The minimum Gasteiger partial charge on any atom is -0.396 e. The van der Waals surface area contributed by atoms with Gasteiger partial charge in [0.2, 0.25) is 0 Å². The standard InChI is InChI=1S/C9H19NO/c1-6(2)8-3-7(5-11)4-9(8)10/h6-9,11H,3-5,10H2,1-2H3/t7-,8+,9-/m1/s1. The Morgan fingerprint density at radius 3 is 2.36 bits per heavy atom. The van der Waals surface area contributed by atoms with Gasteiger partial charge in [0.15, 0.2) is 0 Å². The summed E-state index contributed by atoms with van der Waals surface area (Å²) in [7, 11) is 0. The van der Waals surface area contributed by atoms with Crippen molar-refractivity contribution in [2.45, 2.75) is 32.7 Å². The van der Waals surface area contributed by atoms with Crippen molar-refractivity contribution in [3.05, 3.63) is 0 Å². The van der Waals surface area contributed by atoms with Crippen molar-refractivity contribution < 1.29 is 5.11 Å². The Hall–Kier alpha value is -0.0800. The predicted molar refractivity (Wildman–Crippen MR) is 46.1 cm³/mol. The van der Waals surface area contributed by atoms with Crippen molar-refractivity contribution >= 4 is 0 Å². The third-order valence-corrected chi connectivity index (χ3v) is 2.88. The highest BCUT2D eigenvalue weighted by Gasteiger charge is 2.32. The summed E-state index contributed by atoms with van der Waals surface area (Å²) >= 11 is 0. The maximum Gasteiger partial charge on any atom is 0.0459 e. The van der Waals surface area contributed by atoms with E-state index in [1.807, 2.05) is 0 Å². The van der Waals surface area contributed by atoms with E-state index < -0.39 is 0 Å². The van der Waals surface area contributed by atoms with Gasteiger partial charge in [-0.2, -0.15) is 0 Å². The molecule has 0 spiro atoms. The Bertz CT molecular complexity index is 125. The SMILES string of the molecule is CC(C)[C@@H]1C[C@@H](CO)C[C@H]1N. The summed E-state index contributed by atoms with van der Waals surface area (Å²) in [5.74, 6) is 1.77. The molecule has 66 valence electrons. The first kappa shape index (κ1) is 9.01. The Morgan fingerprint density at radius 1 is 1.45 bits per heavy atom. The fourth-order valence-corrected chi connectivity index (χ4v) is 2.13. The average molecular weight is 157 g/mol. The summed E-state index contributed by atoms with van der Waals surface area (Å²) in [6, 6.07) is 0.326. The molecule has 0 aliphatic heterocycles. The van der Waals surface area contributed by atoms with E-state index in [0.717, 1.165) is 12.8 Å². The molecule has 1 fully saturated rings. The van der Waals surface area contributed by atoms with Crippen molar-refractivity contribution in [2.75, 3.05) is 6.61 Å². The fourth-order valence-electron chi connectivity index (χ4n) is 2.13. The molecule has 0 radical (unpaired) electrons. The van der Waals surface area contributed by atoms with Crippen LogP contribution in [-0.2, 0) is 0 Å². The summed E-state index contributed by atoms with van der Waals surface area (Å²) in [5.41, 5.74) is 5.93. The predicted octanol–water partition coefficient (Wildman–Crippen LogP) is 0.988. The Labute approximate surface area is 68.8 Å². The maximum absolute atomic E-state index is 8.93. The highest BCUT2D eigenvalue weighted by atomic mass is 16.3. The zero-order chi connectivity index (χ0) is 8.43. The molecule has 0 heterocycles. The van der Waals surface area contributed by atoms with Gasteiger partial charge >= 0.3 is 0 Å². The molecular weight excluding hydrogens is 138 g/mol. The Morgan fingerprint density at radius 2 is 2.09 bits per heavy atom. The van der Waals surface area contributed by atoms with Crippen LogP contribution in [-0.4, -0.2) is 17.8 Å². The van der Waals surface area contributed by atoms with E-state index in [0.29, 0.717) is 30.4 Å². The molecule has 1 rings (SSSR count). The van der Waals surface area contributed by atoms with Crippen molar-refractivity contribution in [3.63, 3.8) is 0 Å². The highest BCUT2D eigenvalue weighted by molar-refractivity contribution is 4.87. The van der Waals surface area contributed by atoms with E-state index in [1.54, 1.807) is 0 Å². The van der Waals surface area contributed by atoms with Crippen molar-refractivity contribution in [3.8, 4) is 0 Å². The third kappa shape index (κ3) is 1.94. The van der Waals surface area contributed by atoms with Crippen LogP contribution in [0.3, 0.4) is 0 Å². The van der Waals surface area contributed by atoms with E-state index in [-0.39, 0.29) is 0 Å². The second-order valence-corrected chi connectivity index (χ2v) is 4.09. The highest BCUT2D eigenvalue weighted by Crippen LogP contribution is 2.34. The van der Waals surface area contributed by atoms with E-state index in [9.17, 15) is 0 Å². The quantitative estimate of drug-likeness (QED) is 0.628. The van der Waals surface area contributed by atoms with E-state index in [1.165, 1.54) is 0 Å². The number of nitrogens with two attached hydrogens (primary N) is 1. The molecule has 0 unspecified atom stereocenters. The molecule has 0 bridgehead atoms. The van der Waals surface area contributed by atoms with E-state index in [2.05, 4.69) is 13.8 Å². The molecular formula is C9H19NO. The van der Waals surface area contributed by atoms with Crippen LogP contribution in [0.5, 0.6) is 0 Å². The van der Waals surface area contributed by atoms with Crippen molar-refractivity contribution in [2.24, 2.45) is 23.5 Å². The van der Waals surface area contributed by atoms with Crippen LogP contribution in [0, 0.1) is 17.8 Å². The minimum atomic E-state index is 0.316. The van der Waals surface area contributed by atoms with Crippen LogP contribution in [0.1, 0.15) is 26.7 Å². The molecule has 3 atom stereocenters. The topological polar surface area (TPSA) is 46.2 Å². The zero-order valence-corrected chi connectivity index (χ0v) is 7.46. The first-order chi connectivity index (χ1) is 5.15. The number of hydrogen-bond donors (Lipinski definition) is 2. The number of aliphatic hydroxyl groups excluding tert-OH is 1. The van der Waals surface area contributed by atoms with E-state index in [4.69, 9.17) is 10.8 Å². The Kier molecular flexibility index (Phi) is 2.90. The second kappa shape index (κ2) is 3.55. The lowest BCUT2D eigenvalue weighted by molar-refractivity contribution is 0.222. The van der Waals surface area contributed by atoms with Crippen LogP contribution >= 0.6 is 0 Å². The van der Waals surface area contributed by atoms with Crippen LogP contribution in [0.25, 0.3) is 0 Å². The van der Waals surface area contributed by atoms with Gasteiger partial charge in [-0.15, -0.1) is 0 Å². The van der Waals surface area contributed by atoms with Crippen LogP contribution in [0.2, 0.25) is 0 Å². The molecule has 1 aliphatic carbocycles. The number of rotatable bonds is 2. The summed E-state index contributed by atoms with van der Waals surface area (Å²) < 4.78 is 0. The molecule has 1 saturated carbocycles. The van der Waals surface area contributed by atoms with Gasteiger partial charge in [-0.25, -0.2) is 0 Å². The van der Waals surface area contributed by atoms with Crippen molar-refractivity contribution in [1.29, 1.82) is 0 Å². The smallest absolute Gasteiger partial charge is 0.0459 e. The van der Waals surface area contributed by atoms with Gasteiger partial charge in [-0.3, -0.25) is 0 Å². The molecule has 0 aromatic heterocycles. The molecule has 2 nitrogen and oxygen atoms in total. The number of hydrogen-bond acceptors (Lipinski definition) is 2.